The van der Waals surface area contributed by atoms with Gasteiger partial charge in [0, 0.05) is 19.5 Å². The highest BCUT2D eigenvalue weighted by Crippen LogP contribution is 2.32. The van der Waals surface area contributed by atoms with Crippen LogP contribution in [0.15, 0.2) is 40.5 Å². The van der Waals surface area contributed by atoms with E-state index < -0.39 is 0 Å². The highest BCUT2D eigenvalue weighted by molar-refractivity contribution is 7.12. The van der Waals surface area contributed by atoms with E-state index in [0.29, 0.717) is 42.5 Å². The molecule has 0 saturated carbocycles. The second-order valence-electron chi connectivity index (χ2n) is 7.21. The number of ether oxygens (including phenoxy) is 2. The Morgan fingerprint density at radius 1 is 1.20 bits per heavy atom. The molecule has 30 heavy (non-hydrogen) atoms. The molecular formula is C21H24N4O4S. The molecule has 1 aliphatic rings. The summed E-state index contributed by atoms with van der Waals surface area (Å²) in [6.07, 6.45) is 2.40. The number of amides is 1. The minimum Gasteiger partial charge on any atom is -0.493 e. The molecule has 1 fully saturated rings. The van der Waals surface area contributed by atoms with Gasteiger partial charge in [0.05, 0.1) is 19.8 Å². The average molecular weight is 429 g/mol. The first-order chi connectivity index (χ1) is 14.6. The summed E-state index contributed by atoms with van der Waals surface area (Å²) in [6.45, 7) is 1.30. The summed E-state index contributed by atoms with van der Waals surface area (Å²) in [7, 11) is 3.10. The van der Waals surface area contributed by atoms with Gasteiger partial charge in [0.1, 0.15) is 10.8 Å². The highest BCUT2D eigenvalue weighted by atomic mass is 32.1. The predicted octanol–water partition coefficient (Wildman–Crippen LogP) is 2.73. The molecule has 0 bridgehead atoms. The van der Waals surface area contributed by atoms with Crippen molar-refractivity contribution in [3.63, 3.8) is 0 Å². The molecule has 158 valence electrons. The maximum absolute atomic E-state index is 13.1. The quantitative estimate of drug-likeness (QED) is 0.652. The normalized spacial score (nSPS) is 14.7. The Hall–Kier alpha value is -3.07. The lowest BCUT2D eigenvalue weighted by atomic mass is 9.92. The van der Waals surface area contributed by atoms with Crippen LogP contribution >= 0.6 is 11.3 Å². The molecule has 1 aliphatic heterocycles. The van der Waals surface area contributed by atoms with Crippen molar-refractivity contribution in [3.05, 3.63) is 57.6 Å². The maximum Gasteiger partial charge on any atom is 0.348 e. The summed E-state index contributed by atoms with van der Waals surface area (Å²) in [6, 6.07) is 9.16. The number of carbonyl (C=O) groups is 1. The number of nitrogens with one attached hydrogen (secondary N) is 1. The minimum atomic E-state index is -0.217. The third kappa shape index (κ3) is 3.85. The van der Waals surface area contributed by atoms with Gasteiger partial charge in [-0.05, 0) is 48.4 Å². The summed E-state index contributed by atoms with van der Waals surface area (Å²) in [4.78, 5) is 27.1. The summed E-state index contributed by atoms with van der Waals surface area (Å²) in [5, 5.41) is 9.59. The van der Waals surface area contributed by atoms with Gasteiger partial charge >= 0.3 is 5.69 Å². The number of aromatic nitrogens is 3. The number of piperidine rings is 1. The lowest BCUT2D eigenvalue weighted by Crippen LogP contribution is -2.39. The van der Waals surface area contributed by atoms with Crippen LogP contribution in [0.2, 0.25) is 0 Å². The second kappa shape index (κ2) is 8.74. The van der Waals surface area contributed by atoms with Crippen molar-refractivity contribution in [1.82, 2.24) is 19.7 Å². The van der Waals surface area contributed by atoms with Crippen LogP contribution in [0, 0.1) is 5.92 Å². The van der Waals surface area contributed by atoms with Crippen LogP contribution < -0.4 is 15.2 Å². The van der Waals surface area contributed by atoms with Gasteiger partial charge in [0.15, 0.2) is 11.5 Å². The highest BCUT2D eigenvalue weighted by Gasteiger charge is 2.28. The molecule has 1 aromatic carbocycles. The number of para-hydroxylation sites is 1. The van der Waals surface area contributed by atoms with E-state index in [1.165, 1.54) is 18.4 Å². The SMILES string of the molecule is COc1cccc(C(=O)N2CCC(Cc3n[nH]c(=O)n3-c3cccs3)CC2)c1OC. The van der Waals surface area contributed by atoms with Crippen LogP contribution in [0.1, 0.15) is 29.0 Å². The van der Waals surface area contributed by atoms with Crippen molar-refractivity contribution in [2.24, 2.45) is 5.92 Å². The van der Waals surface area contributed by atoms with E-state index in [2.05, 4.69) is 10.2 Å². The van der Waals surface area contributed by atoms with E-state index in [4.69, 9.17) is 9.47 Å². The Kier molecular flexibility index (Phi) is 5.89. The van der Waals surface area contributed by atoms with Crippen LogP contribution in [0.4, 0.5) is 0 Å². The molecule has 0 unspecified atom stereocenters. The fourth-order valence-electron chi connectivity index (χ4n) is 3.92. The number of hydrogen-bond donors (Lipinski definition) is 1. The smallest absolute Gasteiger partial charge is 0.348 e. The number of nitrogens with zero attached hydrogens (tertiary/aromatic N) is 3. The number of methoxy groups -OCH3 is 2. The zero-order valence-electron chi connectivity index (χ0n) is 17.0. The molecule has 2 aromatic heterocycles. The molecular weight excluding hydrogens is 404 g/mol. The molecule has 0 aliphatic carbocycles. The maximum atomic E-state index is 13.1. The molecule has 0 atom stereocenters. The van der Waals surface area contributed by atoms with Crippen molar-refractivity contribution in [2.45, 2.75) is 19.3 Å². The van der Waals surface area contributed by atoms with Crippen molar-refractivity contribution >= 4 is 17.2 Å². The third-order valence-electron chi connectivity index (χ3n) is 5.47. The molecule has 8 nitrogen and oxygen atoms in total. The lowest BCUT2D eigenvalue weighted by molar-refractivity contribution is 0.0685. The van der Waals surface area contributed by atoms with Crippen molar-refractivity contribution in [2.75, 3.05) is 27.3 Å². The van der Waals surface area contributed by atoms with E-state index in [0.717, 1.165) is 23.7 Å². The Labute approximate surface area is 178 Å². The number of rotatable bonds is 6. The topological polar surface area (TPSA) is 89.5 Å². The summed E-state index contributed by atoms with van der Waals surface area (Å²) >= 11 is 1.51. The predicted molar refractivity (Wildman–Crippen MR) is 114 cm³/mol. The van der Waals surface area contributed by atoms with Gasteiger partial charge < -0.3 is 14.4 Å². The van der Waals surface area contributed by atoms with Gasteiger partial charge in [-0.1, -0.05) is 6.07 Å². The number of H-pyrrole nitrogens is 1. The molecule has 4 rings (SSSR count). The van der Waals surface area contributed by atoms with Gasteiger partial charge in [0.25, 0.3) is 5.91 Å². The van der Waals surface area contributed by atoms with E-state index in [-0.39, 0.29) is 11.6 Å². The summed E-state index contributed by atoms with van der Waals surface area (Å²) in [5.74, 6) is 2.04. The zero-order chi connectivity index (χ0) is 21.1. The number of hydrogen-bond acceptors (Lipinski definition) is 6. The van der Waals surface area contributed by atoms with E-state index >= 15 is 0 Å². The second-order valence-corrected chi connectivity index (χ2v) is 8.14. The van der Waals surface area contributed by atoms with Crippen molar-refractivity contribution in [3.8, 4) is 16.5 Å². The van der Waals surface area contributed by atoms with E-state index in [1.807, 2.05) is 22.4 Å². The molecule has 1 amide bonds. The molecule has 1 N–H and O–H groups in total. The Bertz CT molecular complexity index is 1070. The first kappa shape index (κ1) is 20.2. The minimum absolute atomic E-state index is 0.0561. The number of aromatic amines is 1. The van der Waals surface area contributed by atoms with E-state index in [1.54, 1.807) is 29.9 Å². The first-order valence-electron chi connectivity index (χ1n) is 9.82. The van der Waals surface area contributed by atoms with Crippen LogP contribution in [0.3, 0.4) is 0 Å². The standard InChI is InChI=1S/C21H24N4O4S/c1-28-16-6-3-5-15(19(16)29-2)20(26)24-10-8-14(9-11-24)13-17-22-23-21(27)25(17)18-7-4-12-30-18/h3-7,12,14H,8-11,13H2,1-2H3,(H,23,27). The average Bonchev–Trinajstić information content (AvgIpc) is 3.42. The molecule has 0 radical (unpaired) electrons. The Morgan fingerprint density at radius 3 is 2.67 bits per heavy atom. The fraction of sp³-hybridized carbons (Fsp3) is 0.381. The fourth-order valence-corrected chi connectivity index (χ4v) is 4.66. The zero-order valence-corrected chi connectivity index (χ0v) is 17.8. The van der Waals surface area contributed by atoms with Gasteiger partial charge in [-0.15, -0.1) is 11.3 Å². The van der Waals surface area contributed by atoms with Crippen molar-refractivity contribution < 1.29 is 14.3 Å². The Balaban J connectivity index is 1.43. The summed E-state index contributed by atoms with van der Waals surface area (Å²) < 4.78 is 12.4. The summed E-state index contributed by atoms with van der Waals surface area (Å²) in [5.41, 5.74) is 0.291. The lowest BCUT2D eigenvalue weighted by Gasteiger charge is -2.32. The largest absolute Gasteiger partial charge is 0.493 e. The number of benzene rings is 1. The number of likely N-dealkylation sites (tertiary alicyclic amines) is 1. The molecule has 9 heteroatoms. The third-order valence-corrected chi connectivity index (χ3v) is 6.33. The van der Waals surface area contributed by atoms with Crippen molar-refractivity contribution in [1.29, 1.82) is 0 Å². The monoisotopic (exact) mass is 428 g/mol. The van der Waals surface area contributed by atoms with Crippen LogP contribution in [0.25, 0.3) is 5.00 Å². The van der Waals surface area contributed by atoms with Gasteiger partial charge in [0.2, 0.25) is 0 Å². The van der Waals surface area contributed by atoms with Gasteiger partial charge in [-0.2, -0.15) is 5.10 Å². The van der Waals surface area contributed by atoms with Gasteiger partial charge in [-0.3, -0.25) is 4.79 Å². The van der Waals surface area contributed by atoms with E-state index in [9.17, 15) is 9.59 Å². The molecule has 1 saturated heterocycles. The van der Waals surface area contributed by atoms with Crippen LogP contribution in [-0.4, -0.2) is 52.9 Å². The van der Waals surface area contributed by atoms with Crippen LogP contribution in [0.5, 0.6) is 11.5 Å². The van der Waals surface area contributed by atoms with Gasteiger partial charge in [-0.25, -0.2) is 14.5 Å². The number of carbonyl (C=O) groups excluding carboxylic acids is 1. The molecule has 0 spiro atoms. The Morgan fingerprint density at radius 2 is 2.00 bits per heavy atom. The molecule has 3 heterocycles. The number of thiophene rings is 1. The first-order valence-corrected chi connectivity index (χ1v) is 10.7. The molecule has 3 aromatic rings. The van der Waals surface area contributed by atoms with Crippen LogP contribution in [-0.2, 0) is 6.42 Å².